The van der Waals surface area contributed by atoms with Crippen LogP contribution in [0.1, 0.15) is 27.2 Å². The quantitative estimate of drug-likeness (QED) is 0.672. The number of allylic oxidation sites excluding steroid dienone is 1. The van der Waals surface area contributed by atoms with E-state index >= 15 is 0 Å². The maximum absolute atomic E-state index is 12.2. The van der Waals surface area contributed by atoms with Crippen molar-refractivity contribution in [3.63, 3.8) is 0 Å². The molecule has 0 aromatic carbocycles. The molecule has 0 radical (unpaired) electrons. The van der Waals surface area contributed by atoms with Gasteiger partial charge in [0, 0.05) is 17.4 Å². The van der Waals surface area contributed by atoms with Crippen molar-refractivity contribution in [2.45, 2.75) is 27.2 Å². The molecule has 1 fully saturated rings. The molecule has 0 aromatic heterocycles. The summed E-state index contributed by atoms with van der Waals surface area (Å²) in [5, 5.41) is 12.4. The average molecular weight is 218 g/mol. The predicted molar refractivity (Wildman–Crippen MR) is 61.6 cm³/mol. The highest BCUT2D eigenvalue weighted by Crippen LogP contribution is 2.50. The number of nitrogens with zero attached hydrogens (tertiary/aromatic N) is 1. The summed E-state index contributed by atoms with van der Waals surface area (Å²) in [6.07, 6.45) is 2.89. The van der Waals surface area contributed by atoms with Crippen LogP contribution < -0.4 is 5.32 Å². The second-order valence-electron chi connectivity index (χ2n) is 5.74. The van der Waals surface area contributed by atoms with Gasteiger partial charge in [0.05, 0.1) is 5.57 Å². The minimum Gasteiger partial charge on any atom is -0.316 e. The molecular weight excluding hydrogens is 200 g/mol. The third kappa shape index (κ3) is 1.41. The van der Waals surface area contributed by atoms with Gasteiger partial charge >= 0.3 is 0 Å². The highest BCUT2D eigenvalue weighted by molar-refractivity contribution is 6.04. The van der Waals surface area contributed by atoms with Crippen LogP contribution in [0.5, 0.6) is 0 Å². The van der Waals surface area contributed by atoms with Crippen molar-refractivity contribution < 1.29 is 4.79 Å². The molecule has 0 aromatic rings. The van der Waals surface area contributed by atoms with Gasteiger partial charge in [0.15, 0.2) is 5.78 Å². The molecule has 3 heteroatoms. The molecule has 2 aliphatic rings. The molecule has 0 saturated carbocycles. The van der Waals surface area contributed by atoms with Crippen molar-refractivity contribution in [2.24, 2.45) is 16.7 Å². The Morgan fingerprint density at radius 3 is 2.81 bits per heavy atom. The Morgan fingerprint density at radius 1 is 1.50 bits per heavy atom. The lowest BCUT2D eigenvalue weighted by molar-refractivity contribution is -0.130. The molecule has 1 N–H and O–H groups in total. The molecule has 0 amide bonds. The molecule has 1 saturated heterocycles. The fraction of sp³-hybridized carbons (Fsp3) is 0.692. The third-order valence-electron chi connectivity index (χ3n) is 4.21. The van der Waals surface area contributed by atoms with Gasteiger partial charge in [-0.05, 0) is 18.9 Å². The number of Topliss-reactive ketones (excluding diaryl/α,β-unsaturated/α-hetero) is 1. The van der Waals surface area contributed by atoms with Gasteiger partial charge in [-0.3, -0.25) is 4.79 Å². The van der Waals surface area contributed by atoms with E-state index in [0.29, 0.717) is 11.5 Å². The zero-order valence-corrected chi connectivity index (χ0v) is 10.1. The molecule has 1 aliphatic heterocycles. The van der Waals surface area contributed by atoms with Crippen molar-refractivity contribution in [1.29, 1.82) is 5.26 Å². The van der Waals surface area contributed by atoms with Gasteiger partial charge < -0.3 is 5.32 Å². The van der Waals surface area contributed by atoms with Gasteiger partial charge in [-0.25, -0.2) is 0 Å². The number of ketones is 1. The van der Waals surface area contributed by atoms with Crippen LogP contribution in [0.25, 0.3) is 0 Å². The Balaban J connectivity index is 2.53. The number of rotatable bonds is 0. The van der Waals surface area contributed by atoms with E-state index in [1.807, 2.05) is 19.9 Å². The SMILES string of the molecule is CC1(C)C(=O)C(C#N)=C[C@@]2(C)CNCCC12. The fourth-order valence-corrected chi connectivity index (χ4v) is 3.38. The van der Waals surface area contributed by atoms with Crippen molar-refractivity contribution in [3.8, 4) is 6.07 Å². The molecule has 1 unspecified atom stereocenters. The Morgan fingerprint density at radius 2 is 2.19 bits per heavy atom. The van der Waals surface area contributed by atoms with Crippen LogP contribution in [0.15, 0.2) is 11.6 Å². The summed E-state index contributed by atoms with van der Waals surface area (Å²) in [5.74, 6) is 0.352. The molecule has 0 bridgehead atoms. The Hall–Kier alpha value is -1.14. The largest absolute Gasteiger partial charge is 0.316 e. The maximum atomic E-state index is 12.2. The van der Waals surface area contributed by atoms with Gasteiger partial charge in [0.1, 0.15) is 6.07 Å². The minimum absolute atomic E-state index is 0.0133. The van der Waals surface area contributed by atoms with Gasteiger partial charge in [-0.2, -0.15) is 5.26 Å². The lowest BCUT2D eigenvalue weighted by Crippen LogP contribution is -2.54. The second kappa shape index (κ2) is 3.43. The summed E-state index contributed by atoms with van der Waals surface area (Å²) in [4.78, 5) is 12.2. The number of carbonyl (C=O) groups excluding carboxylic acids is 1. The zero-order chi connectivity index (χ0) is 12.0. The standard InChI is InChI=1S/C13H18N2O/c1-12(2)10-4-5-15-8-13(10,3)6-9(7-14)11(12)16/h6,10,15H,4-5,8H2,1-3H3/t10?,13-/m0/s1. The highest BCUT2D eigenvalue weighted by atomic mass is 16.1. The zero-order valence-electron chi connectivity index (χ0n) is 10.1. The average Bonchev–Trinajstić information content (AvgIpc) is 2.24. The fourth-order valence-electron chi connectivity index (χ4n) is 3.38. The van der Waals surface area contributed by atoms with Crippen molar-refractivity contribution >= 4 is 5.78 Å². The van der Waals surface area contributed by atoms with Gasteiger partial charge in [-0.15, -0.1) is 0 Å². The second-order valence-corrected chi connectivity index (χ2v) is 5.74. The topological polar surface area (TPSA) is 52.9 Å². The first-order valence-electron chi connectivity index (χ1n) is 5.80. The number of piperidine rings is 1. The molecule has 86 valence electrons. The van der Waals surface area contributed by atoms with Crippen LogP contribution >= 0.6 is 0 Å². The summed E-state index contributed by atoms with van der Waals surface area (Å²) < 4.78 is 0. The van der Waals surface area contributed by atoms with Crippen LogP contribution in [0.4, 0.5) is 0 Å². The smallest absolute Gasteiger partial charge is 0.178 e. The molecule has 2 rings (SSSR count). The molecule has 1 heterocycles. The molecule has 0 spiro atoms. The Bertz CT molecular complexity index is 403. The number of hydrogen-bond acceptors (Lipinski definition) is 3. The highest BCUT2D eigenvalue weighted by Gasteiger charge is 2.51. The molecular formula is C13H18N2O. The van der Waals surface area contributed by atoms with E-state index in [0.717, 1.165) is 19.5 Å². The molecule has 2 atom stereocenters. The van der Waals surface area contributed by atoms with Gasteiger partial charge in [-0.1, -0.05) is 26.8 Å². The van der Waals surface area contributed by atoms with E-state index in [-0.39, 0.29) is 11.2 Å². The number of fused-ring (bicyclic) bond motifs is 1. The first kappa shape index (κ1) is 11.3. The summed E-state index contributed by atoms with van der Waals surface area (Å²) in [7, 11) is 0. The summed E-state index contributed by atoms with van der Waals surface area (Å²) in [6, 6.07) is 2.05. The summed E-state index contributed by atoms with van der Waals surface area (Å²) >= 11 is 0. The van der Waals surface area contributed by atoms with E-state index in [9.17, 15) is 4.79 Å². The van der Waals surface area contributed by atoms with Gasteiger partial charge in [0.2, 0.25) is 0 Å². The van der Waals surface area contributed by atoms with E-state index in [4.69, 9.17) is 5.26 Å². The van der Waals surface area contributed by atoms with E-state index < -0.39 is 5.41 Å². The molecule has 3 nitrogen and oxygen atoms in total. The summed E-state index contributed by atoms with van der Waals surface area (Å²) in [6.45, 7) is 7.93. The first-order valence-corrected chi connectivity index (χ1v) is 5.80. The van der Waals surface area contributed by atoms with E-state index in [1.54, 1.807) is 0 Å². The monoisotopic (exact) mass is 218 g/mol. The normalized spacial score (nSPS) is 37.2. The maximum Gasteiger partial charge on any atom is 0.178 e. The first-order chi connectivity index (χ1) is 7.42. The van der Waals surface area contributed by atoms with Crippen molar-refractivity contribution in [3.05, 3.63) is 11.6 Å². The number of carbonyl (C=O) groups is 1. The Labute approximate surface area is 96.5 Å². The number of hydrogen-bond donors (Lipinski definition) is 1. The number of nitrogens with one attached hydrogen (secondary N) is 1. The lowest BCUT2D eigenvalue weighted by atomic mass is 9.55. The van der Waals surface area contributed by atoms with E-state index in [2.05, 4.69) is 18.3 Å². The number of nitriles is 1. The lowest BCUT2D eigenvalue weighted by Gasteiger charge is -2.50. The van der Waals surface area contributed by atoms with Crippen LogP contribution in [0.2, 0.25) is 0 Å². The predicted octanol–water partition coefficient (Wildman–Crippen LogP) is 1.66. The van der Waals surface area contributed by atoms with Crippen LogP contribution in [-0.4, -0.2) is 18.9 Å². The van der Waals surface area contributed by atoms with Gasteiger partial charge in [0.25, 0.3) is 0 Å². The Kier molecular flexibility index (Phi) is 2.43. The molecule has 1 aliphatic carbocycles. The van der Waals surface area contributed by atoms with E-state index in [1.165, 1.54) is 0 Å². The van der Waals surface area contributed by atoms with Crippen LogP contribution in [-0.2, 0) is 4.79 Å². The summed E-state index contributed by atoms with van der Waals surface area (Å²) in [5.41, 5.74) is -0.121. The minimum atomic E-state index is -0.406. The third-order valence-corrected chi connectivity index (χ3v) is 4.21. The van der Waals surface area contributed by atoms with Crippen LogP contribution in [0.3, 0.4) is 0 Å². The van der Waals surface area contributed by atoms with Crippen molar-refractivity contribution in [2.75, 3.05) is 13.1 Å². The van der Waals surface area contributed by atoms with Crippen molar-refractivity contribution in [1.82, 2.24) is 5.32 Å². The van der Waals surface area contributed by atoms with Crippen LogP contribution in [0, 0.1) is 28.1 Å². The molecule has 16 heavy (non-hydrogen) atoms.